The van der Waals surface area contributed by atoms with Gasteiger partial charge in [0.2, 0.25) is 5.92 Å². The Bertz CT molecular complexity index is 868. The molecule has 34 heavy (non-hydrogen) atoms. The lowest BCUT2D eigenvalue weighted by Gasteiger charge is -2.35. The van der Waals surface area contributed by atoms with E-state index < -0.39 is 30.1 Å². The van der Waals surface area contributed by atoms with Crippen LogP contribution in [0.2, 0.25) is 0 Å². The van der Waals surface area contributed by atoms with Crippen LogP contribution < -0.4 is 0 Å². The topological polar surface area (TPSA) is 76.5 Å². The van der Waals surface area contributed by atoms with Gasteiger partial charge in [-0.05, 0) is 88.2 Å². The summed E-state index contributed by atoms with van der Waals surface area (Å²) in [6.45, 7) is 0.287. The van der Waals surface area contributed by atoms with Crippen LogP contribution in [0.1, 0.15) is 87.6 Å². The average Bonchev–Trinajstić information content (AvgIpc) is 2.78. The molecule has 1 aromatic heterocycles. The maximum absolute atomic E-state index is 13.6. The van der Waals surface area contributed by atoms with Crippen molar-refractivity contribution in [1.82, 2.24) is 4.98 Å². The van der Waals surface area contributed by atoms with Crippen molar-refractivity contribution in [1.29, 1.82) is 0 Å². The minimum absolute atomic E-state index is 0.142. The number of ketones is 1. The number of carboxylic acids is 1. The van der Waals surface area contributed by atoms with E-state index in [-0.39, 0.29) is 37.8 Å². The number of nitrogens with zero attached hydrogens (tertiary/aromatic N) is 1. The van der Waals surface area contributed by atoms with Gasteiger partial charge in [-0.25, -0.2) is 8.78 Å². The van der Waals surface area contributed by atoms with Crippen LogP contribution in [-0.4, -0.2) is 40.5 Å². The fourth-order valence-corrected chi connectivity index (χ4v) is 5.71. The SMILES string of the molecule is O=C(O)C(CCOC1CC(CCc2ccc3c(n2)CCCC3)C1)CC(=O)C1CCCC(F)(F)C1. The Morgan fingerprint density at radius 2 is 1.97 bits per heavy atom. The lowest BCUT2D eigenvalue weighted by atomic mass is 9.79. The summed E-state index contributed by atoms with van der Waals surface area (Å²) in [5.41, 5.74) is 3.86. The van der Waals surface area contributed by atoms with E-state index in [4.69, 9.17) is 9.72 Å². The van der Waals surface area contributed by atoms with Crippen molar-refractivity contribution in [2.24, 2.45) is 17.8 Å². The Hall–Kier alpha value is -1.89. The standard InChI is InChI=1S/C27H37F2NO4/c28-27(29)12-3-5-21(17-27)25(31)16-20(26(32)33)11-13-34-23-14-18(15-23)7-9-22-10-8-19-4-1-2-6-24(19)30-22/h8,10,18,20-21,23H,1-7,9,11-17H2,(H,32,33). The van der Waals surface area contributed by atoms with Crippen LogP contribution in [0.25, 0.3) is 0 Å². The number of carbonyl (C=O) groups is 2. The van der Waals surface area contributed by atoms with Crippen molar-refractivity contribution in [3.8, 4) is 0 Å². The van der Waals surface area contributed by atoms with E-state index in [9.17, 15) is 23.5 Å². The van der Waals surface area contributed by atoms with E-state index in [0.717, 1.165) is 38.5 Å². The molecule has 2 atom stereocenters. The first-order valence-corrected chi connectivity index (χ1v) is 13.0. The summed E-state index contributed by atoms with van der Waals surface area (Å²) in [6.07, 6.45) is 9.08. The second-order valence-electron chi connectivity index (χ2n) is 10.6. The molecule has 0 aromatic carbocycles. The van der Waals surface area contributed by atoms with Gasteiger partial charge in [-0.15, -0.1) is 0 Å². The van der Waals surface area contributed by atoms with Gasteiger partial charge >= 0.3 is 5.97 Å². The summed E-state index contributed by atoms with van der Waals surface area (Å²) in [4.78, 5) is 28.9. The molecule has 7 heteroatoms. The van der Waals surface area contributed by atoms with Gasteiger partial charge in [0.15, 0.2) is 0 Å². The summed E-state index contributed by atoms with van der Waals surface area (Å²) < 4.78 is 33.1. The predicted molar refractivity (Wildman–Crippen MR) is 124 cm³/mol. The van der Waals surface area contributed by atoms with Crippen molar-refractivity contribution in [3.05, 3.63) is 29.1 Å². The molecule has 0 spiro atoms. The van der Waals surface area contributed by atoms with E-state index in [2.05, 4.69) is 12.1 Å². The minimum atomic E-state index is -2.81. The zero-order valence-corrected chi connectivity index (χ0v) is 19.9. The van der Waals surface area contributed by atoms with Crippen LogP contribution in [0, 0.1) is 17.8 Å². The van der Waals surface area contributed by atoms with E-state index in [1.165, 1.54) is 29.8 Å². The second kappa shape index (κ2) is 11.2. The number of alkyl halides is 2. The van der Waals surface area contributed by atoms with Crippen LogP contribution in [0.15, 0.2) is 12.1 Å². The summed E-state index contributed by atoms with van der Waals surface area (Å²) >= 11 is 0. The van der Waals surface area contributed by atoms with Gasteiger partial charge < -0.3 is 9.84 Å². The highest BCUT2D eigenvalue weighted by Crippen LogP contribution is 2.38. The normalized spacial score (nSPS) is 26.8. The largest absolute Gasteiger partial charge is 0.481 e. The molecule has 1 heterocycles. The molecule has 1 aromatic rings. The molecule has 2 saturated carbocycles. The summed E-state index contributed by atoms with van der Waals surface area (Å²) in [7, 11) is 0. The minimum Gasteiger partial charge on any atom is -0.481 e. The van der Waals surface area contributed by atoms with Gasteiger partial charge in [0.05, 0.1) is 12.0 Å². The summed E-state index contributed by atoms with van der Waals surface area (Å²) in [6, 6.07) is 4.41. The highest BCUT2D eigenvalue weighted by molar-refractivity contribution is 5.85. The Labute approximate surface area is 200 Å². The van der Waals surface area contributed by atoms with Crippen molar-refractivity contribution < 1.29 is 28.2 Å². The first-order valence-electron chi connectivity index (χ1n) is 13.0. The van der Waals surface area contributed by atoms with Crippen LogP contribution in [0.3, 0.4) is 0 Å². The highest BCUT2D eigenvalue weighted by Gasteiger charge is 2.40. The second-order valence-corrected chi connectivity index (χ2v) is 10.6. The van der Waals surface area contributed by atoms with Crippen LogP contribution >= 0.6 is 0 Å². The van der Waals surface area contributed by atoms with Crippen LogP contribution in [-0.2, 0) is 33.6 Å². The first-order chi connectivity index (χ1) is 16.3. The molecular weight excluding hydrogens is 440 g/mol. The molecule has 0 saturated heterocycles. The molecule has 0 aliphatic heterocycles. The number of pyridine rings is 1. The summed E-state index contributed by atoms with van der Waals surface area (Å²) in [5.74, 6) is -5.18. The maximum atomic E-state index is 13.6. The molecule has 3 aliphatic rings. The van der Waals surface area contributed by atoms with Crippen molar-refractivity contribution >= 4 is 11.8 Å². The lowest BCUT2D eigenvalue weighted by Crippen LogP contribution is -2.34. The monoisotopic (exact) mass is 477 g/mol. The van der Waals surface area contributed by atoms with Gasteiger partial charge in [-0.2, -0.15) is 0 Å². The van der Waals surface area contributed by atoms with Gasteiger partial charge in [0, 0.05) is 43.2 Å². The number of carbonyl (C=O) groups excluding carboxylic acids is 1. The fraction of sp³-hybridized carbons (Fsp3) is 0.741. The molecule has 188 valence electrons. The van der Waals surface area contributed by atoms with Crippen molar-refractivity contribution in [2.75, 3.05) is 6.61 Å². The average molecular weight is 478 g/mol. The lowest BCUT2D eigenvalue weighted by molar-refractivity contribution is -0.146. The van der Waals surface area contributed by atoms with E-state index in [0.29, 0.717) is 18.8 Å². The Morgan fingerprint density at radius 3 is 2.74 bits per heavy atom. The summed E-state index contributed by atoms with van der Waals surface area (Å²) in [5, 5.41) is 9.49. The molecule has 1 N–H and O–H groups in total. The Balaban J connectivity index is 1.13. The molecule has 4 rings (SSSR count). The number of aromatic nitrogens is 1. The van der Waals surface area contributed by atoms with E-state index >= 15 is 0 Å². The first kappa shape index (κ1) is 25.2. The Kier molecular flexibility index (Phi) is 8.33. The van der Waals surface area contributed by atoms with Crippen molar-refractivity contribution in [3.63, 3.8) is 0 Å². The number of rotatable bonds is 11. The highest BCUT2D eigenvalue weighted by atomic mass is 19.3. The molecule has 0 amide bonds. The number of Topliss-reactive ketones (excluding diaryl/α,β-unsaturated/α-hetero) is 1. The number of fused-ring (bicyclic) bond motifs is 1. The number of halogens is 2. The zero-order valence-electron chi connectivity index (χ0n) is 19.9. The van der Waals surface area contributed by atoms with Crippen LogP contribution in [0.4, 0.5) is 8.78 Å². The maximum Gasteiger partial charge on any atom is 0.307 e. The third kappa shape index (κ3) is 6.83. The molecule has 2 fully saturated rings. The third-order valence-electron chi connectivity index (χ3n) is 7.95. The number of hydrogen-bond donors (Lipinski definition) is 1. The van der Waals surface area contributed by atoms with Crippen LogP contribution in [0.5, 0.6) is 0 Å². The number of aliphatic carboxylic acids is 1. The molecule has 0 radical (unpaired) electrons. The number of ether oxygens (including phenoxy) is 1. The number of aryl methyl sites for hydroxylation is 3. The quantitative estimate of drug-likeness (QED) is 0.451. The molecule has 3 aliphatic carbocycles. The smallest absolute Gasteiger partial charge is 0.307 e. The van der Waals surface area contributed by atoms with Gasteiger partial charge in [0.1, 0.15) is 5.78 Å². The predicted octanol–water partition coefficient (Wildman–Crippen LogP) is 5.56. The molecular formula is C27H37F2NO4. The number of carboxylic acid groups (broad SMARTS) is 1. The van der Waals surface area contributed by atoms with Gasteiger partial charge in [-0.3, -0.25) is 14.6 Å². The molecule has 0 bridgehead atoms. The fourth-order valence-electron chi connectivity index (χ4n) is 5.71. The third-order valence-corrected chi connectivity index (χ3v) is 7.95. The van der Waals surface area contributed by atoms with Crippen molar-refractivity contribution in [2.45, 2.75) is 102 Å². The van der Waals surface area contributed by atoms with Gasteiger partial charge in [-0.1, -0.05) is 6.07 Å². The van der Waals surface area contributed by atoms with E-state index in [1.54, 1.807) is 0 Å². The molecule has 2 unspecified atom stereocenters. The molecule has 5 nitrogen and oxygen atoms in total. The van der Waals surface area contributed by atoms with E-state index in [1.807, 2.05) is 0 Å². The number of hydrogen-bond acceptors (Lipinski definition) is 4. The zero-order chi connectivity index (χ0) is 24.1. The Morgan fingerprint density at radius 1 is 1.18 bits per heavy atom. The van der Waals surface area contributed by atoms with Gasteiger partial charge in [0.25, 0.3) is 0 Å².